The van der Waals surface area contributed by atoms with Gasteiger partial charge in [0, 0.05) is 61.8 Å². The van der Waals surface area contributed by atoms with Gasteiger partial charge in [-0.15, -0.1) is 0 Å². The lowest BCUT2D eigenvalue weighted by atomic mass is 9.86. The lowest BCUT2D eigenvalue weighted by Crippen LogP contribution is -2.62. The molecule has 1 aromatic carbocycles. The van der Waals surface area contributed by atoms with Crippen molar-refractivity contribution in [2.45, 2.75) is 77.6 Å². The lowest BCUT2D eigenvalue weighted by molar-refractivity contribution is -0.0630. The molecule has 0 radical (unpaired) electrons. The highest BCUT2D eigenvalue weighted by Crippen LogP contribution is 2.42. The number of likely N-dealkylation sites (tertiary alicyclic amines) is 1. The predicted molar refractivity (Wildman–Crippen MR) is 149 cm³/mol. The van der Waals surface area contributed by atoms with Gasteiger partial charge in [0.2, 0.25) is 0 Å². The Labute approximate surface area is 229 Å². The molecule has 2 fully saturated rings. The molecule has 0 spiro atoms. The van der Waals surface area contributed by atoms with E-state index in [9.17, 15) is 4.79 Å². The first-order chi connectivity index (χ1) is 17.7. The van der Waals surface area contributed by atoms with Crippen molar-refractivity contribution in [3.05, 3.63) is 57.1 Å². The molecule has 2 aliphatic heterocycles. The molecular weight excluding hydrogens is 530 g/mol. The van der Waals surface area contributed by atoms with Gasteiger partial charge in [0.15, 0.2) is 0 Å². The van der Waals surface area contributed by atoms with E-state index in [2.05, 4.69) is 74.7 Å². The fourth-order valence-corrected chi connectivity index (χ4v) is 7.18. The molecule has 1 aromatic heterocycles. The molecule has 1 amide bonds. The van der Waals surface area contributed by atoms with E-state index < -0.39 is 0 Å². The second-order valence-electron chi connectivity index (χ2n) is 11.2. The first kappa shape index (κ1) is 26.7. The van der Waals surface area contributed by atoms with Crippen molar-refractivity contribution < 1.29 is 9.53 Å². The number of carbonyl (C=O) groups excluding carboxylic acids is 1. The van der Waals surface area contributed by atoms with E-state index in [4.69, 9.17) is 4.74 Å². The average molecular weight is 571 g/mol. The van der Waals surface area contributed by atoms with Crippen molar-refractivity contribution in [1.82, 2.24) is 24.7 Å². The molecule has 0 saturated carbocycles. The van der Waals surface area contributed by atoms with Gasteiger partial charge in [-0.25, -0.2) is 9.97 Å². The van der Waals surface area contributed by atoms with Gasteiger partial charge < -0.3 is 9.64 Å². The molecule has 8 heteroatoms. The summed E-state index contributed by atoms with van der Waals surface area (Å²) >= 11 is 3.65. The van der Waals surface area contributed by atoms with E-state index in [0.717, 1.165) is 74.5 Å². The number of amides is 1. The molecule has 2 saturated heterocycles. The van der Waals surface area contributed by atoms with Crippen LogP contribution in [0.4, 0.5) is 0 Å². The number of hydrogen-bond donors (Lipinski definition) is 0. The molecule has 3 aliphatic rings. The number of carbonyl (C=O) groups is 1. The second-order valence-corrected chi connectivity index (χ2v) is 12.1. The van der Waals surface area contributed by atoms with E-state index in [-0.39, 0.29) is 17.6 Å². The number of nitrogens with zero attached hydrogens (tertiary/aromatic N) is 5. The number of halogens is 1. The van der Waals surface area contributed by atoms with Crippen LogP contribution >= 0.6 is 15.9 Å². The molecule has 0 unspecified atom stereocenters. The third-order valence-electron chi connectivity index (χ3n) is 8.95. The summed E-state index contributed by atoms with van der Waals surface area (Å²) in [7, 11) is 0. The summed E-state index contributed by atoms with van der Waals surface area (Å²) in [5.41, 5.74) is 5.14. The zero-order chi connectivity index (χ0) is 26.3. The number of piperidine rings is 1. The van der Waals surface area contributed by atoms with Gasteiger partial charge in [-0.3, -0.25) is 14.6 Å². The van der Waals surface area contributed by atoms with E-state index in [1.807, 2.05) is 18.7 Å². The van der Waals surface area contributed by atoms with Gasteiger partial charge in [0.05, 0.1) is 29.1 Å². The van der Waals surface area contributed by atoms with Gasteiger partial charge >= 0.3 is 0 Å². The predicted octanol–water partition coefficient (Wildman–Crippen LogP) is 4.56. The molecule has 3 atom stereocenters. The Hall–Kier alpha value is -1.87. The average Bonchev–Trinajstić information content (AvgIpc) is 3.21. The van der Waals surface area contributed by atoms with Crippen molar-refractivity contribution in [3.8, 4) is 0 Å². The number of hydrogen-bond acceptors (Lipinski definition) is 6. The highest BCUT2D eigenvalue weighted by molar-refractivity contribution is 9.10. The number of fused-ring (bicyclic) bond motifs is 1. The lowest BCUT2D eigenvalue weighted by Gasteiger charge is -2.53. The highest BCUT2D eigenvalue weighted by atomic mass is 79.9. The van der Waals surface area contributed by atoms with Gasteiger partial charge in [-0.05, 0) is 70.7 Å². The van der Waals surface area contributed by atoms with Crippen molar-refractivity contribution >= 4 is 21.8 Å². The zero-order valence-corrected chi connectivity index (χ0v) is 24.4. The van der Waals surface area contributed by atoms with Crippen LogP contribution in [0.5, 0.6) is 0 Å². The number of aryl methyl sites for hydroxylation is 2. The molecular formula is C29H40BrN5O2. The van der Waals surface area contributed by atoms with Gasteiger partial charge in [-0.1, -0.05) is 22.0 Å². The minimum atomic E-state index is 0.0735. The number of ether oxygens (including phenoxy) is 1. The van der Waals surface area contributed by atoms with Crippen LogP contribution < -0.4 is 0 Å². The molecule has 200 valence electrons. The van der Waals surface area contributed by atoms with Crippen molar-refractivity contribution in [1.29, 1.82) is 0 Å². The van der Waals surface area contributed by atoms with E-state index in [0.29, 0.717) is 17.6 Å². The highest BCUT2D eigenvalue weighted by Gasteiger charge is 2.44. The van der Waals surface area contributed by atoms with Crippen LogP contribution in [0.25, 0.3) is 0 Å². The van der Waals surface area contributed by atoms with Crippen LogP contribution in [0, 0.1) is 13.8 Å². The van der Waals surface area contributed by atoms with E-state index in [1.54, 1.807) is 0 Å². The molecule has 5 rings (SSSR count). The zero-order valence-electron chi connectivity index (χ0n) is 22.8. The Bertz CT molecular complexity index is 1130. The fourth-order valence-electron chi connectivity index (χ4n) is 6.77. The molecule has 1 aliphatic carbocycles. The number of benzene rings is 1. The van der Waals surface area contributed by atoms with Crippen LogP contribution in [0.15, 0.2) is 29.0 Å². The fraction of sp³-hybridized carbons (Fsp3) is 0.621. The summed E-state index contributed by atoms with van der Waals surface area (Å²) in [6, 6.07) is 7.47. The van der Waals surface area contributed by atoms with Crippen LogP contribution in [0.3, 0.4) is 0 Å². The van der Waals surface area contributed by atoms with E-state index >= 15 is 0 Å². The number of rotatable bonds is 5. The van der Waals surface area contributed by atoms with Gasteiger partial charge in [0.25, 0.3) is 5.91 Å². The van der Waals surface area contributed by atoms with Crippen LogP contribution in [-0.2, 0) is 11.2 Å². The van der Waals surface area contributed by atoms with Crippen LogP contribution in [0.1, 0.15) is 72.5 Å². The quantitative estimate of drug-likeness (QED) is 0.526. The summed E-state index contributed by atoms with van der Waals surface area (Å²) in [5.74, 6) is 0.0735. The molecule has 2 aromatic rings. The van der Waals surface area contributed by atoms with E-state index in [1.165, 1.54) is 17.5 Å². The minimum Gasteiger partial charge on any atom is -0.376 e. The third kappa shape index (κ3) is 5.10. The number of piperazine rings is 1. The summed E-state index contributed by atoms with van der Waals surface area (Å²) in [6.07, 6.45) is 4.70. The van der Waals surface area contributed by atoms with Crippen molar-refractivity contribution in [3.63, 3.8) is 0 Å². The van der Waals surface area contributed by atoms with Crippen LogP contribution in [0.2, 0.25) is 0 Å². The molecule has 37 heavy (non-hydrogen) atoms. The smallest absolute Gasteiger partial charge is 0.257 e. The standard InChI is InChI=1S/C29H40BrN5O2/c1-6-37-25-16-22-15-23(30)7-8-24(22)27(25)35-14-13-34(17-19(35)2)29(5)9-11-33(12-10-29)28(36)26-20(3)31-18-32-21(26)4/h7-8,15,18-19,25,27H,6,9-14,16-17H2,1-5H3/t19-,25-,27+/m0/s1. The second kappa shape index (κ2) is 10.7. The minimum absolute atomic E-state index is 0.0735. The molecule has 0 N–H and O–H groups in total. The van der Waals surface area contributed by atoms with Crippen LogP contribution in [-0.4, -0.2) is 87.6 Å². The van der Waals surface area contributed by atoms with Gasteiger partial charge in [-0.2, -0.15) is 0 Å². The maximum Gasteiger partial charge on any atom is 0.257 e. The third-order valence-corrected chi connectivity index (χ3v) is 9.44. The topological polar surface area (TPSA) is 61.8 Å². The first-order valence-corrected chi connectivity index (χ1v) is 14.5. The largest absolute Gasteiger partial charge is 0.376 e. The Morgan fingerprint density at radius 1 is 1.14 bits per heavy atom. The molecule has 0 bridgehead atoms. The summed E-state index contributed by atoms with van der Waals surface area (Å²) < 4.78 is 7.41. The SMILES string of the molecule is CCO[C@H]1Cc2cc(Br)ccc2[C@H]1N1CCN(C2(C)CCN(C(=O)c3c(C)ncnc3C)CC2)C[C@@H]1C. The van der Waals surface area contributed by atoms with Crippen molar-refractivity contribution in [2.24, 2.45) is 0 Å². The van der Waals surface area contributed by atoms with Crippen molar-refractivity contribution in [2.75, 3.05) is 39.3 Å². The normalized spacial score (nSPS) is 26.3. The Morgan fingerprint density at radius 2 is 1.84 bits per heavy atom. The molecule has 7 nitrogen and oxygen atoms in total. The maximum atomic E-state index is 13.3. The Balaban J connectivity index is 1.25. The monoisotopic (exact) mass is 569 g/mol. The maximum absolute atomic E-state index is 13.3. The molecule has 3 heterocycles. The Morgan fingerprint density at radius 3 is 2.49 bits per heavy atom. The summed E-state index contributed by atoms with van der Waals surface area (Å²) in [6.45, 7) is 16.1. The Kier molecular flexibility index (Phi) is 7.74. The number of aromatic nitrogens is 2. The summed E-state index contributed by atoms with van der Waals surface area (Å²) in [5, 5.41) is 0. The summed E-state index contributed by atoms with van der Waals surface area (Å²) in [4.78, 5) is 29.2. The first-order valence-electron chi connectivity index (χ1n) is 13.7. The van der Waals surface area contributed by atoms with Gasteiger partial charge in [0.1, 0.15) is 6.33 Å².